The van der Waals surface area contributed by atoms with Gasteiger partial charge < -0.3 is 9.47 Å². The van der Waals surface area contributed by atoms with E-state index in [9.17, 15) is 4.79 Å². The van der Waals surface area contributed by atoms with Crippen LogP contribution >= 0.6 is 11.6 Å². The first-order valence-corrected chi connectivity index (χ1v) is 4.37. The normalized spacial score (nSPS) is 9.60. The maximum atomic E-state index is 11.3. The standard InChI is InChI=1S/C9H10ClNO4/c1-14-7-4-5(10)3-6(8(7)15-2)9(12)11-13/h3-4,13H,1-2H3,(H,11,12). The monoisotopic (exact) mass is 231 g/mol. The molecule has 0 aliphatic rings. The molecular formula is C9H10ClNO4. The smallest absolute Gasteiger partial charge is 0.278 e. The number of benzene rings is 1. The summed E-state index contributed by atoms with van der Waals surface area (Å²) in [6.45, 7) is 0. The Morgan fingerprint density at radius 3 is 2.53 bits per heavy atom. The summed E-state index contributed by atoms with van der Waals surface area (Å²) in [5, 5.41) is 8.84. The fourth-order valence-corrected chi connectivity index (χ4v) is 1.37. The van der Waals surface area contributed by atoms with Gasteiger partial charge in [-0.25, -0.2) is 5.48 Å². The van der Waals surface area contributed by atoms with Crippen molar-refractivity contribution in [3.8, 4) is 11.5 Å². The number of hydrogen-bond donors (Lipinski definition) is 2. The minimum Gasteiger partial charge on any atom is -0.493 e. The SMILES string of the molecule is COc1cc(Cl)cc(C(=O)NO)c1OC. The van der Waals surface area contributed by atoms with Crippen LogP contribution in [-0.2, 0) is 0 Å². The lowest BCUT2D eigenvalue weighted by molar-refractivity contribution is 0.0702. The zero-order valence-corrected chi connectivity index (χ0v) is 8.96. The number of hydrogen-bond acceptors (Lipinski definition) is 4. The van der Waals surface area contributed by atoms with Gasteiger partial charge in [-0.1, -0.05) is 11.6 Å². The fourth-order valence-electron chi connectivity index (χ4n) is 1.16. The van der Waals surface area contributed by atoms with Crippen molar-refractivity contribution in [2.24, 2.45) is 0 Å². The highest BCUT2D eigenvalue weighted by atomic mass is 35.5. The largest absolute Gasteiger partial charge is 0.493 e. The van der Waals surface area contributed by atoms with Gasteiger partial charge in [0.05, 0.1) is 19.8 Å². The molecule has 0 aliphatic carbocycles. The van der Waals surface area contributed by atoms with Gasteiger partial charge in [-0.15, -0.1) is 0 Å². The second-order valence-electron chi connectivity index (χ2n) is 2.63. The molecule has 5 nitrogen and oxygen atoms in total. The molecule has 1 amide bonds. The van der Waals surface area contributed by atoms with E-state index in [-0.39, 0.29) is 11.3 Å². The van der Waals surface area contributed by atoms with Crippen LogP contribution in [0.2, 0.25) is 5.02 Å². The van der Waals surface area contributed by atoms with Crippen LogP contribution in [0.5, 0.6) is 11.5 Å². The Balaban J connectivity index is 3.35. The van der Waals surface area contributed by atoms with Gasteiger partial charge in [-0.05, 0) is 6.07 Å². The topological polar surface area (TPSA) is 67.8 Å². The van der Waals surface area contributed by atoms with Crippen molar-refractivity contribution >= 4 is 17.5 Å². The molecule has 1 rings (SSSR count). The summed E-state index contributed by atoms with van der Waals surface area (Å²) >= 11 is 5.76. The highest BCUT2D eigenvalue weighted by Gasteiger charge is 2.17. The van der Waals surface area contributed by atoms with Crippen molar-refractivity contribution in [1.82, 2.24) is 5.48 Å². The second-order valence-corrected chi connectivity index (χ2v) is 3.07. The number of amides is 1. The van der Waals surface area contributed by atoms with Crippen LogP contribution < -0.4 is 15.0 Å². The summed E-state index contributed by atoms with van der Waals surface area (Å²) in [6, 6.07) is 2.88. The third-order valence-corrected chi connectivity index (χ3v) is 2.01. The Bertz CT molecular complexity index is 381. The molecule has 0 radical (unpaired) electrons. The third kappa shape index (κ3) is 2.31. The van der Waals surface area contributed by atoms with E-state index in [4.69, 9.17) is 26.3 Å². The summed E-state index contributed by atoms with van der Waals surface area (Å²) in [5.74, 6) is -0.176. The number of rotatable bonds is 3. The molecule has 0 spiro atoms. The first-order valence-electron chi connectivity index (χ1n) is 4.00. The minimum atomic E-state index is -0.715. The number of halogens is 1. The molecule has 2 N–H and O–H groups in total. The maximum Gasteiger partial charge on any atom is 0.278 e. The molecule has 1 aromatic rings. The molecule has 0 aliphatic heterocycles. The maximum absolute atomic E-state index is 11.3. The summed E-state index contributed by atoms with van der Waals surface area (Å²) in [7, 11) is 2.81. The molecule has 0 unspecified atom stereocenters. The number of carbonyl (C=O) groups excluding carboxylic acids is 1. The van der Waals surface area contributed by atoms with E-state index in [2.05, 4.69) is 0 Å². The van der Waals surface area contributed by atoms with E-state index in [0.717, 1.165) is 0 Å². The molecule has 0 atom stereocenters. The molecule has 0 aromatic heterocycles. The number of methoxy groups -OCH3 is 2. The van der Waals surface area contributed by atoms with E-state index in [0.29, 0.717) is 10.8 Å². The van der Waals surface area contributed by atoms with Crippen molar-refractivity contribution in [3.05, 3.63) is 22.7 Å². The van der Waals surface area contributed by atoms with Crippen LogP contribution in [0.3, 0.4) is 0 Å². The summed E-state index contributed by atoms with van der Waals surface area (Å²) < 4.78 is 9.97. The Morgan fingerprint density at radius 2 is 2.07 bits per heavy atom. The predicted molar refractivity (Wildman–Crippen MR) is 53.8 cm³/mol. The lowest BCUT2D eigenvalue weighted by atomic mass is 10.1. The van der Waals surface area contributed by atoms with E-state index in [1.165, 1.54) is 31.8 Å². The lowest BCUT2D eigenvalue weighted by Gasteiger charge is -2.11. The van der Waals surface area contributed by atoms with Crippen LogP contribution in [-0.4, -0.2) is 25.3 Å². The zero-order valence-electron chi connectivity index (χ0n) is 8.20. The molecule has 0 saturated heterocycles. The van der Waals surface area contributed by atoms with Gasteiger partial charge in [-0.2, -0.15) is 0 Å². The summed E-state index contributed by atoms with van der Waals surface area (Å²) in [4.78, 5) is 11.3. The van der Waals surface area contributed by atoms with Gasteiger partial charge in [-0.3, -0.25) is 10.0 Å². The van der Waals surface area contributed by atoms with Crippen LogP contribution in [0.15, 0.2) is 12.1 Å². The molecule has 6 heteroatoms. The zero-order chi connectivity index (χ0) is 11.4. The number of carbonyl (C=O) groups is 1. The average molecular weight is 232 g/mol. The fraction of sp³-hybridized carbons (Fsp3) is 0.222. The van der Waals surface area contributed by atoms with Gasteiger partial charge in [0.2, 0.25) is 0 Å². The molecular weight excluding hydrogens is 222 g/mol. The van der Waals surface area contributed by atoms with Gasteiger partial charge >= 0.3 is 0 Å². The Kier molecular flexibility index (Phi) is 3.76. The van der Waals surface area contributed by atoms with Gasteiger partial charge in [0.1, 0.15) is 0 Å². The minimum absolute atomic E-state index is 0.101. The third-order valence-electron chi connectivity index (χ3n) is 1.79. The Hall–Kier alpha value is -1.46. The number of nitrogens with one attached hydrogen (secondary N) is 1. The molecule has 0 saturated carbocycles. The summed E-state index contributed by atoms with van der Waals surface area (Å²) in [6.07, 6.45) is 0. The quantitative estimate of drug-likeness (QED) is 0.611. The highest BCUT2D eigenvalue weighted by Crippen LogP contribution is 2.34. The van der Waals surface area contributed by atoms with Crippen molar-refractivity contribution in [2.45, 2.75) is 0 Å². The molecule has 15 heavy (non-hydrogen) atoms. The van der Waals surface area contributed by atoms with Crippen molar-refractivity contribution in [1.29, 1.82) is 0 Å². The summed E-state index contributed by atoms with van der Waals surface area (Å²) in [5.41, 5.74) is 1.60. The van der Waals surface area contributed by atoms with Gasteiger partial charge in [0.25, 0.3) is 5.91 Å². The molecule has 0 heterocycles. The van der Waals surface area contributed by atoms with Gasteiger partial charge in [0.15, 0.2) is 11.5 Å². The van der Waals surface area contributed by atoms with Crippen LogP contribution in [0.25, 0.3) is 0 Å². The highest BCUT2D eigenvalue weighted by molar-refractivity contribution is 6.31. The lowest BCUT2D eigenvalue weighted by Crippen LogP contribution is -2.19. The molecule has 0 bridgehead atoms. The van der Waals surface area contributed by atoms with Crippen molar-refractivity contribution < 1.29 is 19.5 Å². The first kappa shape index (κ1) is 11.6. The molecule has 82 valence electrons. The van der Waals surface area contributed by atoms with Crippen molar-refractivity contribution in [2.75, 3.05) is 14.2 Å². The van der Waals surface area contributed by atoms with E-state index >= 15 is 0 Å². The predicted octanol–water partition coefficient (Wildman–Crippen LogP) is 1.48. The Morgan fingerprint density at radius 1 is 1.40 bits per heavy atom. The van der Waals surface area contributed by atoms with Crippen LogP contribution in [0, 0.1) is 0 Å². The second kappa shape index (κ2) is 4.86. The van der Waals surface area contributed by atoms with E-state index in [1.54, 1.807) is 0 Å². The molecule has 0 fully saturated rings. The molecule has 1 aromatic carbocycles. The van der Waals surface area contributed by atoms with Crippen LogP contribution in [0.4, 0.5) is 0 Å². The van der Waals surface area contributed by atoms with Gasteiger partial charge in [0, 0.05) is 11.1 Å². The van der Waals surface area contributed by atoms with Crippen LogP contribution in [0.1, 0.15) is 10.4 Å². The van der Waals surface area contributed by atoms with E-state index < -0.39 is 5.91 Å². The average Bonchev–Trinajstić information content (AvgIpc) is 2.26. The Labute approximate surface area is 91.5 Å². The number of hydroxylamine groups is 1. The van der Waals surface area contributed by atoms with Crippen molar-refractivity contribution in [3.63, 3.8) is 0 Å². The van der Waals surface area contributed by atoms with E-state index in [1.807, 2.05) is 0 Å². The first-order chi connectivity index (χ1) is 7.13. The number of ether oxygens (including phenoxy) is 2.